The molecule has 4 atom stereocenters. The monoisotopic (exact) mass is 834 g/mol. The van der Waals surface area contributed by atoms with Crippen molar-refractivity contribution >= 4 is 61.6 Å². The van der Waals surface area contributed by atoms with Crippen LogP contribution in [0.2, 0.25) is 42.3 Å². The molecule has 0 spiro atoms. The van der Waals surface area contributed by atoms with Gasteiger partial charge in [0.2, 0.25) is 0 Å². The van der Waals surface area contributed by atoms with Crippen molar-refractivity contribution in [1.29, 1.82) is 0 Å². The van der Waals surface area contributed by atoms with Gasteiger partial charge in [-0.1, -0.05) is 83.1 Å². The van der Waals surface area contributed by atoms with Gasteiger partial charge in [0, 0.05) is 55.4 Å². The zero-order chi connectivity index (χ0) is 37.8. The predicted molar refractivity (Wildman–Crippen MR) is 206 cm³/mol. The lowest BCUT2D eigenvalue weighted by molar-refractivity contribution is 0.00409. The van der Waals surface area contributed by atoms with Gasteiger partial charge in [0.25, 0.3) is 0 Å². The number of nitrogens with two attached hydrogens (primary N) is 1. The first-order valence-corrected chi connectivity index (χ1v) is 32.5. The largest absolute Gasteiger partial charge is 0.483 e. The molecule has 0 aromatic rings. The van der Waals surface area contributed by atoms with Crippen LogP contribution in [0.15, 0.2) is 0 Å². The Balaban J connectivity index is 2.46. The molecule has 50 heavy (non-hydrogen) atoms. The Bertz CT molecular complexity index is 1030. The second kappa shape index (κ2) is 17.8. The van der Waals surface area contributed by atoms with Gasteiger partial charge < -0.3 is 62.5 Å². The van der Waals surface area contributed by atoms with E-state index in [1.165, 1.54) is 0 Å². The second-order valence-electron chi connectivity index (χ2n) is 17.0. The van der Waals surface area contributed by atoms with Crippen molar-refractivity contribution in [1.82, 2.24) is 5.32 Å². The first kappa shape index (κ1) is 45.3. The lowest BCUT2D eigenvalue weighted by Gasteiger charge is -2.57. The van der Waals surface area contributed by atoms with Crippen LogP contribution in [0, 0.1) is 35.5 Å². The number of fused-ring (bicyclic) bond motifs is 3. The van der Waals surface area contributed by atoms with Crippen LogP contribution in [-0.2, 0) is 37.0 Å². The van der Waals surface area contributed by atoms with Crippen LogP contribution < -0.4 is 11.1 Å². The fourth-order valence-corrected chi connectivity index (χ4v) is 45.4. The van der Waals surface area contributed by atoms with Crippen LogP contribution in [0.3, 0.4) is 0 Å². The summed E-state index contributed by atoms with van der Waals surface area (Å²) in [7, 11) is -29.4. The Morgan fingerprint density at radius 2 is 0.700 bits per heavy atom. The average molecular weight is 835 g/mol. The van der Waals surface area contributed by atoms with Crippen LogP contribution in [0.25, 0.3) is 0 Å². The molecule has 3 aliphatic heterocycles. The summed E-state index contributed by atoms with van der Waals surface area (Å²) in [6, 6.07) is 1.58. The lowest BCUT2D eigenvalue weighted by atomic mass is 10.3. The maximum absolute atomic E-state index is 12.7. The molecule has 3 fully saturated rings. The molecule has 3 heterocycles. The van der Waals surface area contributed by atoms with Crippen molar-refractivity contribution in [3.05, 3.63) is 0 Å². The minimum atomic E-state index is -4.32. The van der Waals surface area contributed by atoms with Gasteiger partial charge in [-0.2, -0.15) is 0 Å². The normalized spacial score (nSPS) is 38.3. The van der Waals surface area contributed by atoms with Gasteiger partial charge in [-0.25, -0.2) is 0 Å². The molecule has 0 saturated carbocycles. The molecule has 6 N–H and O–H groups in total. The van der Waals surface area contributed by atoms with E-state index in [2.05, 4.69) is 19.2 Å². The van der Waals surface area contributed by atoms with Gasteiger partial charge in [0.1, 0.15) is 0 Å². The fraction of sp³-hybridized carbons (Fsp3) is 1.00. The molecule has 4 bridgehead atoms. The first-order valence-electron chi connectivity index (χ1n) is 18.8. The molecular weight excluding hydrogens is 765 g/mol. The SMILES string of the molecule is CC(C)C[Si]1(O)O[Si]2(CCCNCCN)O[Si](O)(CC(C)C)O[Si]3(CC(C)C)O[Si](O)(CC(C)C)O[Si](CC(C)C)(O1)O[Si](CC(C)C)(O2)O3. The van der Waals surface area contributed by atoms with E-state index < -0.39 is 61.6 Å². The van der Waals surface area contributed by atoms with Crippen LogP contribution in [-0.4, -0.2) is 95.7 Å². The van der Waals surface area contributed by atoms with E-state index >= 15 is 0 Å². The van der Waals surface area contributed by atoms with Crippen LogP contribution in [0.4, 0.5) is 0 Å². The van der Waals surface area contributed by atoms with E-state index in [-0.39, 0.29) is 71.8 Å². The predicted octanol–water partition coefficient (Wildman–Crippen LogP) is 4.60. The molecule has 3 saturated heterocycles. The molecule has 3 rings (SSSR count). The summed E-state index contributed by atoms with van der Waals surface area (Å²) in [4.78, 5) is 38.2. The van der Waals surface area contributed by atoms with Crippen molar-refractivity contribution in [2.45, 2.75) is 132 Å². The van der Waals surface area contributed by atoms with Crippen molar-refractivity contribution in [2.24, 2.45) is 41.2 Å². The van der Waals surface area contributed by atoms with Crippen molar-refractivity contribution < 1.29 is 51.4 Å². The van der Waals surface area contributed by atoms with Crippen LogP contribution >= 0.6 is 0 Å². The molecule has 0 radical (unpaired) electrons. The summed E-state index contributed by atoms with van der Waals surface area (Å²) in [5.41, 5.74) is 5.75. The Hall–Kier alpha value is 0.958. The summed E-state index contributed by atoms with van der Waals surface area (Å²) in [5.74, 6) is -0.171. The highest BCUT2D eigenvalue weighted by atomic mass is 28.6. The summed E-state index contributed by atoms with van der Waals surface area (Å²) < 4.78 is 63.8. The van der Waals surface area contributed by atoms with E-state index in [0.29, 0.717) is 32.1 Å². The highest BCUT2D eigenvalue weighted by Crippen LogP contribution is 2.49. The Kier molecular flexibility index (Phi) is 16.2. The van der Waals surface area contributed by atoms with E-state index in [1.807, 2.05) is 69.2 Å². The van der Waals surface area contributed by atoms with E-state index in [1.54, 1.807) is 0 Å². The first-order chi connectivity index (χ1) is 22.9. The highest BCUT2D eigenvalue weighted by Gasteiger charge is 2.76. The Morgan fingerprint density at radius 1 is 0.420 bits per heavy atom. The average Bonchev–Trinajstić information content (AvgIpc) is 2.82. The molecule has 3 aliphatic rings. The zero-order valence-electron chi connectivity index (χ0n) is 32.8. The standard InChI is InChI=1S/C29H70N2O12Si7/c1-24(2)18-44(32)35-47(17-13-15-31-16-14-30)36-45(33,19-25(3)4)38-49(22-28(9)10)40-46(34,20-26(5)6)39-48(37-44,21-27(7)8)42-50(41-47,43-49)23-29(11)12/h24-29,31-34H,13-23,30H2,1-12H3. The Morgan fingerprint density at radius 3 is 1.00 bits per heavy atom. The fourth-order valence-electron chi connectivity index (χ4n) is 6.96. The minimum absolute atomic E-state index is 0.0137. The molecule has 0 aliphatic carbocycles. The van der Waals surface area contributed by atoms with E-state index in [0.717, 1.165) is 0 Å². The maximum atomic E-state index is 12.7. The molecule has 4 unspecified atom stereocenters. The highest BCUT2D eigenvalue weighted by molar-refractivity contribution is 6.98. The molecule has 21 heteroatoms. The zero-order valence-corrected chi connectivity index (χ0v) is 39.8. The summed E-state index contributed by atoms with van der Waals surface area (Å²) in [6.45, 7) is 25.8. The smallest absolute Gasteiger partial charge is 0.391 e. The Labute approximate surface area is 309 Å². The number of rotatable bonds is 18. The van der Waals surface area contributed by atoms with Gasteiger partial charge in [0.05, 0.1) is 0 Å². The molecule has 14 nitrogen and oxygen atoms in total. The number of hydrogen-bond acceptors (Lipinski definition) is 14. The number of nitrogens with one attached hydrogen (secondary N) is 1. The summed E-state index contributed by atoms with van der Waals surface area (Å²) in [5, 5.41) is 3.33. The van der Waals surface area contributed by atoms with Gasteiger partial charge in [-0.3, -0.25) is 0 Å². The third kappa shape index (κ3) is 13.0. The lowest BCUT2D eigenvalue weighted by Crippen LogP contribution is -2.82. The molecular formula is C29H70N2O12Si7. The molecule has 296 valence electrons. The van der Waals surface area contributed by atoms with E-state index in [9.17, 15) is 14.4 Å². The second-order valence-corrected chi connectivity index (χ2v) is 37.1. The third-order valence-corrected chi connectivity index (χ3v) is 39.4. The van der Waals surface area contributed by atoms with Gasteiger partial charge in [-0.15, -0.1) is 0 Å². The van der Waals surface area contributed by atoms with Crippen LogP contribution in [0.5, 0.6) is 0 Å². The van der Waals surface area contributed by atoms with Gasteiger partial charge >= 0.3 is 61.6 Å². The molecule has 0 amide bonds. The quantitative estimate of drug-likeness (QED) is 0.0955. The number of hydrogen-bond donors (Lipinski definition) is 5. The minimum Gasteiger partial charge on any atom is -0.391 e. The topological polar surface area (TPSA) is 182 Å². The third-order valence-electron chi connectivity index (χ3n) is 7.95. The summed E-state index contributed by atoms with van der Waals surface area (Å²) >= 11 is 0. The molecule has 0 aromatic heterocycles. The van der Waals surface area contributed by atoms with Crippen molar-refractivity contribution in [3.8, 4) is 0 Å². The van der Waals surface area contributed by atoms with Crippen molar-refractivity contribution in [2.75, 3.05) is 19.6 Å². The van der Waals surface area contributed by atoms with E-state index in [4.69, 9.17) is 42.8 Å². The van der Waals surface area contributed by atoms with Crippen LogP contribution in [0.1, 0.15) is 89.5 Å². The maximum Gasteiger partial charge on any atom is 0.483 e. The molecule has 0 aromatic carbocycles. The van der Waals surface area contributed by atoms with Gasteiger partial charge in [-0.05, 0) is 48.5 Å². The van der Waals surface area contributed by atoms with Crippen molar-refractivity contribution in [3.63, 3.8) is 0 Å². The van der Waals surface area contributed by atoms with Gasteiger partial charge in [0.15, 0.2) is 0 Å². The summed E-state index contributed by atoms with van der Waals surface area (Å²) in [6.07, 6.45) is 0.536.